The van der Waals surface area contributed by atoms with Gasteiger partial charge in [-0.25, -0.2) is 0 Å². The molecule has 0 saturated heterocycles. The number of hydrogen-bond donors (Lipinski definition) is 0. The predicted molar refractivity (Wildman–Crippen MR) is 77.6 cm³/mol. The van der Waals surface area contributed by atoms with Crippen LogP contribution in [0.15, 0.2) is 29.3 Å². The summed E-state index contributed by atoms with van der Waals surface area (Å²) in [7, 11) is 1.66. The molecule has 0 atom stereocenters. The average molecular weight is 257 g/mol. The fourth-order valence-corrected chi connectivity index (χ4v) is 2.09. The van der Waals surface area contributed by atoms with Crippen LogP contribution in [0.25, 0.3) is 0 Å². The third-order valence-electron chi connectivity index (χ3n) is 3.11. The summed E-state index contributed by atoms with van der Waals surface area (Å²) >= 11 is 0. The molecular weight excluding hydrogens is 238 g/mol. The van der Waals surface area contributed by atoms with Crippen molar-refractivity contribution in [2.45, 2.75) is 27.3 Å². The average Bonchev–Trinajstić information content (AvgIpc) is 2.71. The second-order valence-electron chi connectivity index (χ2n) is 4.34. The first-order valence-corrected chi connectivity index (χ1v) is 6.38. The van der Waals surface area contributed by atoms with E-state index < -0.39 is 0 Å². The van der Waals surface area contributed by atoms with Gasteiger partial charge >= 0.3 is 0 Å². The van der Waals surface area contributed by atoms with Crippen LogP contribution in [0.2, 0.25) is 0 Å². The van der Waals surface area contributed by atoms with Gasteiger partial charge in [-0.15, -0.1) is 0 Å². The molecule has 100 valence electrons. The Hall–Kier alpha value is -2.10. The minimum absolute atomic E-state index is 0.824. The van der Waals surface area contributed by atoms with E-state index in [0.29, 0.717) is 0 Å². The van der Waals surface area contributed by atoms with E-state index in [9.17, 15) is 0 Å². The van der Waals surface area contributed by atoms with E-state index in [2.05, 4.69) is 17.0 Å². The Morgan fingerprint density at radius 2 is 2.05 bits per heavy atom. The van der Waals surface area contributed by atoms with Crippen LogP contribution >= 0.6 is 0 Å². The molecule has 1 aromatic carbocycles. The largest absolute Gasteiger partial charge is 0.496 e. The van der Waals surface area contributed by atoms with Gasteiger partial charge in [0.15, 0.2) is 0 Å². The van der Waals surface area contributed by atoms with Gasteiger partial charge in [0.05, 0.1) is 18.5 Å². The molecule has 2 aromatic rings. The summed E-state index contributed by atoms with van der Waals surface area (Å²) in [5.74, 6) is 0.824. The summed E-state index contributed by atoms with van der Waals surface area (Å²) < 4.78 is 7.27. The Morgan fingerprint density at radius 3 is 2.68 bits per heavy atom. The number of para-hydroxylation sites is 1. The Labute approximate surface area is 113 Å². The molecule has 0 bridgehead atoms. The number of rotatable bonds is 4. The molecule has 2 rings (SSSR count). The number of aromatic nitrogens is 2. The van der Waals surface area contributed by atoms with E-state index in [1.807, 2.05) is 49.0 Å². The van der Waals surface area contributed by atoms with Crippen molar-refractivity contribution >= 4 is 11.9 Å². The maximum Gasteiger partial charge on any atom is 0.127 e. The van der Waals surface area contributed by atoms with Gasteiger partial charge in [-0.2, -0.15) is 5.10 Å². The molecule has 0 fully saturated rings. The van der Waals surface area contributed by atoms with Gasteiger partial charge in [0, 0.05) is 18.3 Å². The van der Waals surface area contributed by atoms with Gasteiger partial charge in [-0.3, -0.25) is 9.67 Å². The lowest BCUT2D eigenvalue weighted by molar-refractivity contribution is 0.414. The van der Waals surface area contributed by atoms with Gasteiger partial charge in [0.2, 0.25) is 0 Å². The highest BCUT2D eigenvalue weighted by Crippen LogP contribution is 2.23. The normalized spacial score (nSPS) is 11.2. The van der Waals surface area contributed by atoms with Crippen LogP contribution in [0, 0.1) is 13.8 Å². The fourth-order valence-electron chi connectivity index (χ4n) is 2.09. The molecule has 4 heteroatoms. The number of aliphatic imine (C=N–C) groups is 1. The molecule has 0 unspecified atom stereocenters. The Bertz CT molecular complexity index is 599. The maximum absolute atomic E-state index is 5.31. The summed E-state index contributed by atoms with van der Waals surface area (Å²) in [5, 5.41) is 4.46. The summed E-state index contributed by atoms with van der Waals surface area (Å²) in [6.45, 7) is 6.95. The van der Waals surface area contributed by atoms with E-state index in [0.717, 1.165) is 34.9 Å². The summed E-state index contributed by atoms with van der Waals surface area (Å²) in [6, 6.07) is 7.83. The quantitative estimate of drug-likeness (QED) is 0.788. The summed E-state index contributed by atoms with van der Waals surface area (Å²) in [4.78, 5) is 4.56. The first-order chi connectivity index (χ1) is 9.17. The van der Waals surface area contributed by atoms with Crippen LogP contribution in [0.3, 0.4) is 0 Å². The lowest BCUT2D eigenvalue weighted by Crippen LogP contribution is -1.98. The highest BCUT2D eigenvalue weighted by Gasteiger charge is 2.09. The standard InChI is InChI=1S/C15H19N3O/c1-5-18-12(3)15(11(2)17-18)16-10-13-8-6-7-9-14(13)19-4/h6-10H,5H2,1-4H3. The molecule has 0 spiro atoms. The van der Waals surface area contributed by atoms with Gasteiger partial charge < -0.3 is 4.74 Å². The van der Waals surface area contributed by atoms with Gasteiger partial charge in [0.1, 0.15) is 11.4 Å². The smallest absolute Gasteiger partial charge is 0.127 e. The van der Waals surface area contributed by atoms with Crippen molar-refractivity contribution in [2.75, 3.05) is 7.11 Å². The van der Waals surface area contributed by atoms with Crippen molar-refractivity contribution in [1.82, 2.24) is 9.78 Å². The minimum Gasteiger partial charge on any atom is -0.496 e. The van der Waals surface area contributed by atoms with Crippen molar-refractivity contribution < 1.29 is 4.74 Å². The summed E-state index contributed by atoms with van der Waals surface area (Å²) in [6.07, 6.45) is 1.83. The van der Waals surface area contributed by atoms with Crippen LogP contribution in [-0.4, -0.2) is 23.1 Å². The zero-order valence-corrected chi connectivity index (χ0v) is 11.8. The SMILES string of the molecule is CCn1nc(C)c(N=Cc2ccccc2OC)c1C. The van der Waals surface area contributed by atoms with Gasteiger partial charge in [-0.1, -0.05) is 12.1 Å². The molecule has 4 nitrogen and oxygen atoms in total. The topological polar surface area (TPSA) is 39.4 Å². The van der Waals surface area contributed by atoms with Crippen molar-refractivity contribution in [3.63, 3.8) is 0 Å². The number of benzene rings is 1. The molecule has 19 heavy (non-hydrogen) atoms. The number of ether oxygens (including phenoxy) is 1. The highest BCUT2D eigenvalue weighted by atomic mass is 16.5. The number of methoxy groups -OCH3 is 1. The van der Waals surface area contributed by atoms with Crippen molar-refractivity contribution in [3.05, 3.63) is 41.2 Å². The Kier molecular flexibility index (Phi) is 4.00. The van der Waals surface area contributed by atoms with E-state index in [1.54, 1.807) is 7.11 Å². The zero-order chi connectivity index (χ0) is 13.8. The van der Waals surface area contributed by atoms with E-state index in [1.165, 1.54) is 0 Å². The number of nitrogens with zero attached hydrogens (tertiary/aromatic N) is 3. The molecule has 0 aliphatic heterocycles. The number of aryl methyl sites for hydroxylation is 2. The van der Waals surface area contributed by atoms with Crippen molar-refractivity contribution in [2.24, 2.45) is 4.99 Å². The van der Waals surface area contributed by atoms with Crippen molar-refractivity contribution in [1.29, 1.82) is 0 Å². The van der Waals surface area contributed by atoms with Gasteiger partial charge in [-0.05, 0) is 32.9 Å². The maximum atomic E-state index is 5.31. The molecule has 0 N–H and O–H groups in total. The Balaban J connectivity index is 2.35. The lowest BCUT2D eigenvalue weighted by atomic mass is 10.2. The van der Waals surface area contributed by atoms with E-state index in [4.69, 9.17) is 4.74 Å². The monoisotopic (exact) mass is 257 g/mol. The van der Waals surface area contributed by atoms with Crippen molar-refractivity contribution in [3.8, 4) is 5.75 Å². The van der Waals surface area contributed by atoms with E-state index >= 15 is 0 Å². The predicted octanol–water partition coefficient (Wildman–Crippen LogP) is 3.28. The molecule has 0 saturated carbocycles. The molecule has 0 amide bonds. The van der Waals surface area contributed by atoms with Crippen LogP contribution in [-0.2, 0) is 6.54 Å². The van der Waals surface area contributed by atoms with Crippen LogP contribution in [0.1, 0.15) is 23.9 Å². The van der Waals surface area contributed by atoms with E-state index in [-0.39, 0.29) is 0 Å². The second-order valence-corrected chi connectivity index (χ2v) is 4.34. The molecular formula is C15H19N3O. The molecule has 0 aliphatic carbocycles. The molecule has 1 heterocycles. The second kappa shape index (κ2) is 5.69. The lowest BCUT2D eigenvalue weighted by Gasteiger charge is -2.03. The third kappa shape index (κ3) is 2.67. The first kappa shape index (κ1) is 13.3. The third-order valence-corrected chi connectivity index (χ3v) is 3.11. The Morgan fingerprint density at radius 1 is 1.32 bits per heavy atom. The highest BCUT2D eigenvalue weighted by molar-refractivity contribution is 5.85. The van der Waals surface area contributed by atoms with Crippen LogP contribution in [0.4, 0.5) is 5.69 Å². The molecule has 0 aliphatic rings. The first-order valence-electron chi connectivity index (χ1n) is 6.38. The minimum atomic E-state index is 0.824. The molecule has 1 aromatic heterocycles. The number of hydrogen-bond acceptors (Lipinski definition) is 3. The van der Waals surface area contributed by atoms with Crippen LogP contribution in [0.5, 0.6) is 5.75 Å². The zero-order valence-electron chi connectivity index (χ0n) is 11.8. The van der Waals surface area contributed by atoms with Crippen LogP contribution < -0.4 is 4.74 Å². The molecule has 0 radical (unpaired) electrons. The fraction of sp³-hybridized carbons (Fsp3) is 0.333. The van der Waals surface area contributed by atoms with Gasteiger partial charge in [0.25, 0.3) is 0 Å². The summed E-state index contributed by atoms with van der Waals surface area (Å²) in [5.41, 5.74) is 3.94.